The predicted molar refractivity (Wildman–Crippen MR) is 212 cm³/mol. The van der Waals surface area contributed by atoms with Crippen LogP contribution >= 0.6 is 11.3 Å². The number of hydrogen-bond donors (Lipinski definition) is 0. The Morgan fingerprint density at radius 3 is 1.55 bits per heavy atom. The summed E-state index contributed by atoms with van der Waals surface area (Å²) in [6.07, 6.45) is 0. The summed E-state index contributed by atoms with van der Waals surface area (Å²) in [7, 11) is 0. The van der Waals surface area contributed by atoms with Crippen molar-refractivity contribution in [3.63, 3.8) is 0 Å². The Morgan fingerprint density at radius 2 is 0.878 bits per heavy atom. The molecule has 0 saturated carbocycles. The van der Waals surface area contributed by atoms with Crippen LogP contribution in [0.5, 0.6) is 0 Å². The summed E-state index contributed by atoms with van der Waals surface area (Å²) in [4.78, 5) is 4.85. The number of anilines is 6. The van der Waals surface area contributed by atoms with Crippen LogP contribution in [-0.4, -0.2) is 0 Å². The minimum Gasteiger partial charge on any atom is -0.309 e. The van der Waals surface area contributed by atoms with Crippen LogP contribution in [0.25, 0.3) is 42.1 Å². The summed E-state index contributed by atoms with van der Waals surface area (Å²) < 4.78 is 2.52. The fourth-order valence-corrected chi connectivity index (χ4v) is 8.31. The van der Waals surface area contributed by atoms with E-state index in [1.165, 1.54) is 42.1 Å². The minimum absolute atomic E-state index is 1.11. The molecule has 0 radical (unpaired) electrons. The number of nitrogens with zero attached hydrogens (tertiary/aromatic N) is 2. The second-order valence-corrected chi connectivity index (χ2v) is 13.2. The molecule has 1 heterocycles. The first-order valence-electron chi connectivity index (χ1n) is 16.6. The Morgan fingerprint density at radius 1 is 0.347 bits per heavy atom. The topological polar surface area (TPSA) is 6.48 Å². The molecule has 0 atom stereocenters. The Bertz CT molecular complexity index is 2500. The third kappa shape index (κ3) is 5.12. The number of hydrogen-bond acceptors (Lipinski definition) is 3. The van der Waals surface area contributed by atoms with Crippen molar-refractivity contribution >= 4 is 76.4 Å². The first-order chi connectivity index (χ1) is 24.3. The second kappa shape index (κ2) is 12.5. The molecule has 0 spiro atoms. The quantitative estimate of drug-likeness (QED) is 0.170. The molecule has 2 nitrogen and oxygen atoms in total. The summed E-state index contributed by atoms with van der Waals surface area (Å²) in [6.45, 7) is 0. The fraction of sp³-hybridized carbons (Fsp3) is 0. The maximum Gasteiger partial charge on any atom is 0.0641 e. The molecule has 0 saturated heterocycles. The molecule has 0 unspecified atom stereocenters. The number of fused-ring (bicyclic) bond motifs is 5. The lowest BCUT2D eigenvalue weighted by Gasteiger charge is -2.31. The van der Waals surface area contributed by atoms with Crippen molar-refractivity contribution in [3.05, 3.63) is 194 Å². The van der Waals surface area contributed by atoms with Crippen molar-refractivity contribution in [2.24, 2.45) is 0 Å². The maximum absolute atomic E-state index is 2.46. The molecule has 0 aliphatic heterocycles. The molecular formula is C46H32N2S. The molecule has 232 valence electrons. The molecule has 8 aromatic carbocycles. The van der Waals surface area contributed by atoms with Gasteiger partial charge in [-0.15, -0.1) is 11.3 Å². The number of para-hydroxylation sites is 4. The average molecular weight is 645 g/mol. The lowest BCUT2D eigenvalue weighted by atomic mass is 9.99. The molecule has 1 aromatic heterocycles. The van der Waals surface area contributed by atoms with E-state index in [0.717, 1.165) is 34.1 Å². The molecule has 0 aliphatic carbocycles. The van der Waals surface area contributed by atoms with Crippen molar-refractivity contribution < 1.29 is 0 Å². The maximum atomic E-state index is 2.46. The normalized spacial score (nSPS) is 11.3. The molecule has 0 fully saturated rings. The van der Waals surface area contributed by atoms with Crippen LogP contribution in [0.4, 0.5) is 34.1 Å². The largest absolute Gasteiger partial charge is 0.309 e. The van der Waals surface area contributed by atoms with Crippen LogP contribution in [0, 0.1) is 0 Å². The van der Waals surface area contributed by atoms with Gasteiger partial charge in [-0.05, 0) is 77.0 Å². The molecule has 0 amide bonds. The molecule has 0 N–H and O–H groups in total. The van der Waals surface area contributed by atoms with E-state index in [0.29, 0.717) is 0 Å². The Labute approximate surface area is 290 Å². The van der Waals surface area contributed by atoms with Gasteiger partial charge in [-0.2, -0.15) is 0 Å². The van der Waals surface area contributed by atoms with Gasteiger partial charge in [0.05, 0.1) is 21.8 Å². The summed E-state index contributed by atoms with van der Waals surface area (Å²) >= 11 is 1.87. The van der Waals surface area contributed by atoms with E-state index in [1.54, 1.807) is 0 Å². The van der Waals surface area contributed by atoms with E-state index >= 15 is 0 Å². The van der Waals surface area contributed by atoms with Crippen molar-refractivity contribution in [1.82, 2.24) is 0 Å². The van der Waals surface area contributed by atoms with Crippen molar-refractivity contribution in [2.45, 2.75) is 0 Å². The predicted octanol–water partition coefficient (Wildman–Crippen LogP) is 13.8. The lowest BCUT2D eigenvalue weighted by Crippen LogP contribution is -2.13. The molecule has 0 bridgehead atoms. The SMILES string of the molecule is c1ccc(-c2ccccc2N(c2ccccc2)c2ccc(N(c3ccccc3)c3ccccc3)c3sc4ccc5ccccc5c4c23)cc1. The molecule has 9 aromatic rings. The zero-order chi connectivity index (χ0) is 32.6. The van der Waals surface area contributed by atoms with Gasteiger partial charge in [-0.1, -0.05) is 133 Å². The molecule has 0 aliphatic rings. The second-order valence-electron chi connectivity index (χ2n) is 12.1. The van der Waals surface area contributed by atoms with Crippen LogP contribution in [0.2, 0.25) is 0 Å². The van der Waals surface area contributed by atoms with E-state index < -0.39 is 0 Å². The van der Waals surface area contributed by atoms with Crippen molar-refractivity contribution in [3.8, 4) is 11.1 Å². The standard InChI is InChI=1S/C46H32N2S/c1-5-17-33(18-6-1)38-26-15-16-28-40(38)48(37-24-11-4-12-25-37)41-30-31-42(47(35-20-7-2-8-21-35)36-22-9-3-10-23-36)46-45(41)44-39-27-14-13-19-34(39)29-32-43(44)49-46/h1-32H. The summed E-state index contributed by atoms with van der Waals surface area (Å²) in [5, 5.41) is 5.04. The van der Waals surface area contributed by atoms with Gasteiger partial charge in [0.25, 0.3) is 0 Å². The van der Waals surface area contributed by atoms with Gasteiger partial charge in [0.2, 0.25) is 0 Å². The zero-order valence-corrected chi connectivity index (χ0v) is 27.6. The fourth-order valence-electron chi connectivity index (χ4n) is 7.07. The van der Waals surface area contributed by atoms with E-state index in [-0.39, 0.29) is 0 Å². The Hall–Kier alpha value is -6.16. The van der Waals surface area contributed by atoms with Gasteiger partial charge in [0, 0.05) is 38.1 Å². The molecule has 9 rings (SSSR count). The molecule has 49 heavy (non-hydrogen) atoms. The third-order valence-corrected chi connectivity index (χ3v) is 10.4. The van der Waals surface area contributed by atoms with Gasteiger partial charge in [-0.25, -0.2) is 0 Å². The molecular weight excluding hydrogens is 613 g/mol. The van der Waals surface area contributed by atoms with Gasteiger partial charge in [0.1, 0.15) is 0 Å². The van der Waals surface area contributed by atoms with Crippen LogP contribution in [-0.2, 0) is 0 Å². The van der Waals surface area contributed by atoms with E-state index in [2.05, 4.69) is 204 Å². The highest BCUT2D eigenvalue weighted by Gasteiger charge is 2.25. The van der Waals surface area contributed by atoms with Gasteiger partial charge >= 0.3 is 0 Å². The van der Waals surface area contributed by atoms with Gasteiger partial charge in [0.15, 0.2) is 0 Å². The van der Waals surface area contributed by atoms with Crippen LogP contribution in [0.15, 0.2) is 194 Å². The lowest BCUT2D eigenvalue weighted by molar-refractivity contribution is 1.28. The highest BCUT2D eigenvalue weighted by molar-refractivity contribution is 7.26. The van der Waals surface area contributed by atoms with Crippen molar-refractivity contribution in [1.29, 1.82) is 0 Å². The third-order valence-electron chi connectivity index (χ3n) is 9.22. The van der Waals surface area contributed by atoms with E-state index in [4.69, 9.17) is 0 Å². The van der Waals surface area contributed by atoms with E-state index in [1.807, 2.05) is 11.3 Å². The van der Waals surface area contributed by atoms with Gasteiger partial charge < -0.3 is 9.80 Å². The highest BCUT2D eigenvalue weighted by Crippen LogP contribution is 2.52. The number of benzene rings is 8. The summed E-state index contributed by atoms with van der Waals surface area (Å²) in [5.74, 6) is 0. The minimum atomic E-state index is 1.11. The van der Waals surface area contributed by atoms with Gasteiger partial charge in [-0.3, -0.25) is 0 Å². The number of rotatable bonds is 7. The molecule has 3 heteroatoms. The summed E-state index contributed by atoms with van der Waals surface area (Å²) in [5.41, 5.74) is 9.18. The smallest absolute Gasteiger partial charge is 0.0641 e. The first-order valence-corrected chi connectivity index (χ1v) is 17.4. The van der Waals surface area contributed by atoms with Crippen molar-refractivity contribution in [2.75, 3.05) is 9.80 Å². The van der Waals surface area contributed by atoms with Crippen LogP contribution in [0.1, 0.15) is 0 Å². The first kappa shape index (κ1) is 29.0. The highest BCUT2D eigenvalue weighted by atomic mass is 32.1. The average Bonchev–Trinajstić information content (AvgIpc) is 3.59. The number of thiophene rings is 1. The summed E-state index contributed by atoms with van der Waals surface area (Å²) in [6, 6.07) is 69.7. The van der Waals surface area contributed by atoms with Crippen LogP contribution in [0.3, 0.4) is 0 Å². The van der Waals surface area contributed by atoms with E-state index in [9.17, 15) is 0 Å². The zero-order valence-electron chi connectivity index (χ0n) is 26.8. The Balaban J connectivity index is 1.41. The monoisotopic (exact) mass is 644 g/mol. The van der Waals surface area contributed by atoms with Crippen LogP contribution < -0.4 is 9.80 Å². The Kier molecular flexibility index (Phi) is 7.38.